The van der Waals surface area contributed by atoms with Crippen LogP contribution in [0.25, 0.3) is 17.2 Å². The highest BCUT2D eigenvalue weighted by Crippen LogP contribution is 2.38. The number of allylic oxidation sites excluding steroid dienone is 4. The molecule has 1 saturated carbocycles. The molecule has 0 spiro atoms. The Hall–Kier alpha value is -3.01. The van der Waals surface area contributed by atoms with Crippen LogP contribution in [0.3, 0.4) is 0 Å². The van der Waals surface area contributed by atoms with Crippen LogP contribution in [0.4, 0.5) is 13.2 Å². The van der Waals surface area contributed by atoms with Crippen molar-refractivity contribution in [2.24, 2.45) is 5.92 Å². The molecule has 0 saturated heterocycles. The first-order chi connectivity index (χ1) is 15.8. The molecule has 0 bridgehead atoms. The summed E-state index contributed by atoms with van der Waals surface area (Å²) in [5.41, 5.74) is 2.28. The minimum absolute atomic E-state index is 0.0884. The van der Waals surface area contributed by atoms with Gasteiger partial charge in [-0.3, -0.25) is 0 Å². The Balaban J connectivity index is 1.72. The summed E-state index contributed by atoms with van der Waals surface area (Å²) in [4.78, 5) is 0. The highest BCUT2D eigenvalue weighted by atomic mass is 19.2. The van der Waals surface area contributed by atoms with Gasteiger partial charge in [-0.1, -0.05) is 81.5 Å². The van der Waals surface area contributed by atoms with Gasteiger partial charge in [0.2, 0.25) is 0 Å². The second-order valence-electron chi connectivity index (χ2n) is 8.66. The zero-order chi connectivity index (χ0) is 24.0. The monoisotopic (exact) mass is 452 g/mol. The molecule has 174 valence electrons. The molecule has 0 heterocycles. The Morgan fingerprint density at radius 1 is 1.00 bits per heavy atom. The number of ether oxygens (including phenoxy) is 1. The lowest BCUT2D eigenvalue weighted by Gasteiger charge is -2.27. The summed E-state index contributed by atoms with van der Waals surface area (Å²) in [6.45, 7) is 11.7. The van der Waals surface area contributed by atoms with Crippen molar-refractivity contribution in [2.45, 2.75) is 45.4 Å². The quantitative estimate of drug-likeness (QED) is 0.287. The highest BCUT2D eigenvalue weighted by molar-refractivity contribution is 5.67. The summed E-state index contributed by atoms with van der Waals surface area (Å²) in [7, 11) is 0. The molecule has 1 fully saturated rings. The van der Waals surface area contributed by atoms with Gasteiger partial charge in [0.25, 0.3) is 0 Å². The summed E-state index contributed by atoms with van der Waals surface area (Å²) < 4.78 is 49.0. The minimum atomic E-state index is -0.801. The van der Waals surface area contributed by atoms with Crippen LogP contribution in [-0.4, -0.2) is 6.61 Å². The van der Waals surface area contributed by atoms with Crippen LogP contribution in [-0.2, 0) is 4.74 Å². The zero-order valence-corrected chi connectivity index (χ0v) is 19.3. The average Bonchev–Trinajstić information content (AvgIpc) is 2.80. The van der Waals surface area contributed by atoms with Gasteiger partial charge in [0.05, 0.1) is 6.61 Å². The molecule has 0 aliphatic heterocycles. The third-order valence-electron chi connectivity index (χ3n) is 6.19. The van der Waals surface area contributed by atoms with Crippen molar-refractivity contribution in [1.82, 2.24) is 0 Å². The van der Waals surface area contributed by atoms with Crippen LogP contribution in [0, 0.1) is 17.6 Å². The van der Waals surface area contributed by atoms with Crippen LogP contribution in [0.1, 0.15) is 56.6 Å². The van der Waals surface area contributed by atoms with Gasteiger partial charge in [-0.05, 0) is 48.3 Å². The summed E-state index contributed by atoms with van der Waals surface area (Å²) in [5, 5.41) is 0. The molecular weight excluding hydrogens is 421 g/mol. The lowest BCUT2D eigenvalue weighted by molar-refractivity contribution is 0.243. The van der Waals surface area contributed by atoms with Crippen LogP contribution in [0.5, 0.6) is 0 Å². The van der Waals surface area contributed by atoms with E-state index in [4.69, 9.17) is 4.74 Å². The Morgan fingerprint density at radius 3 is 2.30 bits per heavy atom. The standard InChI is InChI=1S/C29H31F3O/c1-5-33-21(4)18-27(30)20(3)8-9-22-10-14-24(15-11-22)26-17-16-25(28(31)29(26)32)23-12-6-19(2)7-13-23/h8-11,14-19,23H,3-7,12-13H2,1-2H3/b9-8+,27-18+. The van der Waals surface area contributed by atoms with Crippen molar-refractivity contribution in [2.75, 3.05) is 6.61 Å². The van der Waals surface area contributed by atoms with E-state index < -0.39 is 17.5 Å². The second kappa shape index (κ2) is 11.2. The maximum Gasteiger partial charge on any atom is 0.166 e. The van der Waals surface area contributed by atoms with E-state index in [1.54, 1.807) is 55.5 Å². The number of benzene rings is 2. The average molecular weight is 453 g/mol. The Morgan fingerprint density at radius 2 is 1.67 bits per heavy atom. The fourth-order valence-corrected chi connectivity index (χ4v) is 4.19. The van der Waals surface area contributed by atoms with Crippen LogP contribution in [0.2, 0.25) is 0 Å². The maximum atomic E-state index is 14.9. The second-order valence-corrected chi connectivity index (χ2v) is 8.66. The van der Waals surface area contributed by atoms with Gasteiger partial charge in [-0.25, -0.2) is 13.2 Å². The molecule has 0 amide bonds. The smallest absolute Gasteiger partial charge is 0.166 e. The summed E-state index contributed by atoms with van der Waals surface area (Å²) in [5.74, 6) is -1.10. The summed E-state index contributed by atoms with van der Waals surface area (Å²) >= 11 is 0. The first-order valence-electron chi connectivity index (χ1n) is 11.4. The Kier molecular flexibility index (Phi) is 8.37. The number of halogens is 3. The van der Waals surface area contributed by atoms with Gasteiger partial charge in [-0.2, -0.15) is 0 Å². The van der Waals surface area contributed by atoms with Crippen molar-refractivity contribution in [3.8, 4) is 11.1 Å². The highest BCUT2D eigenvalue weighted by Gasteiger charge is 2.25. The van der Waals surface area contributed by atoms with E-state index in [1.165, 1.54) is 6.08 Å². The van der Waals surface area contributed by atoms with E-state index in [0.29, 0.717) is 23.7 Å². The number of rotatable bonds is 8. The molecule has 0 radical (unpaired) electrons. The molecule has 3 rings (SSSR count). The van der Waals surface area contributed by atoms with Crippen molar-refractivity contribution in [1.29, 1.82) is 0 Å². The molecule has 0 N–H and O–H groups in total. The molecule has 2 aromatic rings. The van der Waals surface area contributed by atoms with E-state index in [0.717, 1.165) is 31.2 Å². The third kappa shape index (κ3) is 6.28. The van der Waals surface area contributed by atoms with E-state index in [1.807, 2.05) is 0 Å². The summed E-state index contributed by atoms with van der Waals surface area (Å²) in [6.07, 6.45) is 8.34. The molecule has 33 heavy (non-hydrogen) atoms. The predicted octanol–water partition coefficient (Wildman–Crippen LogP) is 8.90. The van der Waals surface area contributed by atoms with Crippen molar-refractivity contribution in [3.05, 3.63) is 102 Å². The lowest BCUT2D eigenvalue weighted by Crippen LogP contribution is -2.13. The third-order valence-corrected chi connectivity index (χ3v) is 6.19. The normalized spacial score (nSPS) is 19.0. The van der Waals surface area contributed by atoms with Crippen molar-refractivity contribution >= 4 is 6.08 Å². The van der Waals surface area contributed by atoms with Gasteiger partial charge in [0.1, 0.15) is 11.6 Å². The first kappa shape index (κ1) is 24.6. The fraction of sp³-hybridized carbons (Fsp3) is 0.310. The minimum Gasteiger partial charge on any atom is -0.494 e. The zero-order valence-electron chi connectivity index (χ0n) is 19.3. The van der Waals surface area contributed by atoms with E-state index in [2.05, 4.69) is 20.1 Å². The Bertz CT molecular complexity index is 1060. The van der Waals surface area contributed by atoms with Gasteiger partial charge in [-0.15, -0.1) is 0 Å². The van der Waals surface area contributed by atoms with E-state index >= 15 is 0 Å². The van der Waals surface area contributed by atoms with Crippen molar-refractivity contribution < 1.29 is 17.9 Å². The Labute approximate surface area is 195 Å². The first-order valence-corrected chi connectivity index (χ1v) is 11.4. The molecule has 1 nitrogen and oxygen atoms in total. The van der Waals surface area contributed by atoms with Crippen LogP contribution >= 0.6 is 0 Å². The molecule has 2 aromatic carbocycles. The van der Waals surface area contributed by atoms with Gasteiger partial charge in [0, 0.05) is 17.2 Å². The number of hydrogen-bond donors (Lipinski definition) is 0. The van der Waals surface area contributed by atoms with Crippen molar-refractivity contribution in [3.63, 3.8) is 0 Å². The summed E-state index contributed by atoms with van der Waals surface area (Å²) in [6, 6.07) is 10.4. The molecule has 1 aliphatic rings. The molecule has 1 aliphatic carbocycles. The molecule has 4 heteroatoms. The molecule has 0 unspecified atom stereocenters. The van der Waals surface area contributed by atoms with Gasteiger partial charge < -0.3 is 4.74 Å². The maximum absolute atomic E-state index is 14.9. The molecule has 0 aromatic heterocycles. The SMILES string of the molecule is C=C(/C=C(/F)C(=C)/C=C/c1ccc(-c2ccc(C3CCC(C)CC3)c(F)c2F)cc1)OCC. The lowest BCUT2D eigenvalue weighted by atomic mass is 9.79. The fourth-order valence-electron chi connectivity index (χ4n) is 4.19. The molecule has 0 atom stereocenters. The number of hydrogen-bond acceptors (Lipinski definition) is 1. The predicted molar refractivity (Wildman–Crippen MR) is 130 cm³/mol. The van der Waals surface area contributed by atoms with Gasteiger partial charge in [0.15, 0.2) is 11.6 Å². The van der Waals surface area contributed by atoms with Crippen LogP contribution < -0.4 is 0 Å². The van der Waals surface area contributed by atoms with E-state index in [-0.39, 0.29) is 22.8 Å². The van der Waals surface area contributed by atoms with E-state index in [9.17, 15) is 13.2 Å². The largest absolute Gasteiger partial charge is 0.494 e. The molecular formula is C29H31F3O. The topological polar surface area (TPSA) is 9.23 Å². The van der Waals surface area contributed by atoms with Crippen LogP contribution in [0.15, 0.2) is 78.9 Å². The van der Waals surface area contributed by atoms with Gasteiger partial charge >= 0.3 is 0 Å².